The third-order valence-corrected chi connectivity index (χ3v) is 10.9. The van der Waals surface area contributed by atoms with Crippen molar-refractivity contribution >= 4 is 54.3 Å². The van der Waals surface area contributed by atoms with Crippen LogP contribution in [0.3, 0.4) is 0 Å². The number of rotatable bonds is 3. The van der Waals surface area contributed by atoms with E-state index in [0.717, 1.165) is 16.6 Å². The summed E-state index contributed by atoms with van der Waals surface area (Å²) in [5.41, 5.74) is 11.2. The SMILES string of the molecule is c1ccc(C2(c3ccccc3)c3ccccc3-c3c2cc(-c2ccc4ccc5cccc6ccc2c4c56)c2c3oc3ccccc32)cc1. The molecule has 0 spiro atoms. The summed E-state index contributed by atoms with van der Waals surface area (Å²) in [6, 6.07) is 62.5. The van der Waals surface area contributed by atoms with Crippen molar-refractivity contribution in [3.05, 3.63) is 192 Å². The highest BCUT2D eigenvalue weighted by Gasteiger charge is 2.47. The number of benzene rings is 9. The van der Waals surface area contributed by atoms with Gasteiger partial charge in [0.2, 0.25) is 0 Å². The lowest BCUT2D eigenvalue weighted by molar-refractivity contribution is 0.669. The molecule has 222 valence electrons. The van der Waals surface area contributed by atoms with Gasteiger partial charge in [-0.05, 0) is 83.4 Å². The molecule has 0 fully saturated rings. The molecule has 11 rings (SSSR count). The highest BCUT2D eigenvalue weighted by atomic mass is 16.3. The summed E-state index contributed by atoms with van der Waals surface area (Å²) in [6.07, 6.45) is 0. The van der Waals surface area contributed by atoms with Crippen LogP contribution in [0.2, 0.25) is 0 Å². The molecule has 1 nitrogen and oxygen atoms in total. The van der Waals surface area contributed by atoms with Crippen LogP contribution in [0.5, 0.6) is 0 Å². The molecule has 0 saturated carbocycles. The summed E-state index contributed by atoms with van der Waals surface area (Å²) < 4.78 is 7.00. The Morgan fingerprint density at radius 3 is 1.77 bits per heavy atom. The average molecular weight is 609 g/mol. The van der Waals surface area contributed by atoms with Crippen molar-refractivity contribution < 1.29 is 4.42 Å². The average Bonchev–Trinajstić information content (AvgIpc) is 3.69. The van der Waals surface area contributed by atoms with Crippen molar-refractivity contribution in [2.24, 2.45) is 0 Å². The molecule has 0 radical (unpaired) electrons. The van der Waals surface area contributed by atoms with E-state index in [1.165, 1.54) is 82.2 Å². The van der Waals surface area contributed by atoms with Crippen LogP contribution in [0.4, 0.5) is 0 Å². The van der Waals surface area contributed by atoms with Crippen LogP contribution in [0.25, 0.3) is 76.5 Å². The molecule has 1 aromatic heterocycles. The third kappa shape index (κ3) is 3.21. The molecule has 0 N–H and O–H groups in total. The van der Waals surface area contributed by atoms with E-state index in [9.17, 15) is 0 Å². The van der Waals surface area contributed by atoms with E-state index in [4.69, 9.17) is 4.42 Å². The highest BCUT2D eigenvalue weighted by molar-refractivity contribution is 6.28. The Kier molecular flexibility index (Phi) is 5.10. The van der Waals surface area contributed by atoms with Crippen molar-refractivity contribution in [2.45, 2.75) is 5.41 Å². The zero-order valence-corrected chi connectivity index (χ0v) is 26.1. The van der Waals surface area contributed by atoms with Gasteiger partial charge in [-0.2, -0.15) is 0 Å². The lowest BCUT2D eigenvalue weighted by Crippen LogP contribution is -2.28. The van der Waals surface area contributed by atoms with Crippen molar-refractivity contribution in [3.8, 4) is 22.3 Å². The van der Waals surface area contributed by atoms with E-state index >= 15 is 0 Å². The second-order valence-corrected chi connectivity index (χ2v) is 13.1. The molecule has 10 aromatic rings. The van der Waals surface area contributed by atoms with Crippen LogP contribution < -0.4 is 0 Å². The summed E-state index contributed by atoms with van der Waals surface area (Å²) in [7, 11) is 0. The molecule has 0 atom stereocenters. The first-order valence-corrected chi connectivity index (χ1v) is 16.7. The molecular formula is C47H28O. The van der Waals surface area contributed by atoms with Crippen molar-refractivity contribution in [3.63, 3.8) is 0 Å². The van der Waals surface area contributed by atoms with E-state index in [1.54, 1.807) is 0 Å². The Morgan fingerprint density at radius 2 is 1.00 bits per heavy atom. The lowest BCUT2D eigenvalue weighted by Gasteiger charge is -2.34. The molecule has 1 heterocycles. The van der Waals surface area contributed by atoms with Crippen LogP contribution in [-0.4, -0.2) is 0 Å². The van der Waals surface area contributed by atoms with Gasteiger partial charge >= 0.3 is 0 Å². The van der Waals surface area contributed by atoms with Gasteiger partial charge < -0.3 is 4.42 Å². The fourth-order valence-electron chi connectivity index (χ4n) is 8.98. The van der Waals surface area contributed by atoms with E-state index in [1.807, 2.05) is 0 Å². The van der Waals surface area contributed by atoms with E-state index in [-0.39, 0.29) is 0 Å². The minimum absolute atomic E-state index is 0.528. The Bertz CT molecular complexity index is 2820. The number of furan rings is 1. The van der Waals surface area contributed by atoms with E-state index in [2.05, 4.69) is 170 Å². The molecule has 9 aromatic carbocycles. The summed E-state index contributed by atoms with van der Waals surface area (Å²) in [5, 5.41) is 10.1. The minimum atomic E-state index is -0.528. The van der Waals surface area contributed by atoms with Gasteiger partial charge in [0.1, 0.15) is 11.2 Å². The zero-order valence-electron chi connectivity index (χ0n) is 26.1. The fourth-order valence-corrected chi connectivity index (χ4v) is 8.98. The zero-order chi connectivity index (χ0) is 31.4. The maximum atomic E-state index is 7.00. The molecule has 0 aliphatic heterocycles. The molecular weight excluding hydrogens is 581 g/mol. The van der Waals surface area contributed by atoms with Gasteiger partial charge in [-0.25, -0.2) is 0 Å². The lowest BCUT2D eigenvalue weighted by atomic mass is 9.67. The molecule has 1 aliphatic carbocycles. The second kappa shape index (κ2) is 9.44. The van der Waals surface area contributed by atoms with Gasteiger partial charge in [-0.1, -0.05) is 158 Å². The summed E-state index contributed by atoms with van der Waals surface area (Å²) >= 11 is 0. The molecule has 0 bridgehead atoms. The first-order chi connectivity index (χ1) is 23.8. The second-order valence-electron chi connectivity index (χ2n) is 13.1. The maximum absolute atomic E-state index is 7.00. The molecule has 0 saturated heterocycles. The predicted molar refractivity (Wildman–Crippen MR) is 200 cm³/mol. The van der Waals surface area contributed by atoms with E-state index in [0.29, 0.717) is 0 Å². The molecule has 1 heteroatoms. The Labute approximate surface area is 277 Å². The largest absolute Gasteiger partial charge is 0.455 e. The first kappa shape index (κ1) is 25.9. The number of hydrogen-bond acceptors (Lipinski definition) is 1. The van der Waals surface area contributed by atoms with Gasteiger partial charge in [0.25, 0.3) is 0 Å². The van der Waals surface area contributed by atoms with E-state index < -0.39 is 5.41 Å². The smallest absolute Gasteiger partial charge is 0.144 e. The molecule has 48 heavy (non-hydrogen) atoms. The topological polar surface area (TPSA) is 13.1 Å². The summed E-state index contributed by atoms with van der Waals surface area (Å²) in [4.78, 5) is 0. The van der Waals surface area contributed by atoms with Crippen molar-refractivity contribution in [1.29, 1.82) is 0 Å². The van der Waals surface area contributed by atoms with Crippen LogP contribution in [-0.2, 0) is 5.41 Å². The van der Waals surface area contributed by atoms with Gasteiger partial charge in [-0.3, -0.25) is 0 Å². The van der Waals surface area contributed by atoms with Crippen LogP contribution in [0.1, 0.15) is 22.3 Å². The van der Waals surface area contributed by atoms with Crippen LogP contribution in [0, 0.1) is 0 Å². The van der Waals surface area contributed by atoms with Crippen LogP contribution >= 0.6 is 0 Å². The fraction of sp³-hybridized carbons (Fsp3) is 0.0213. The Hall–Kier alpha value is -6.18. The predicted octanol–water partition coefficient (Wildman–Crippen LogP) is 12.5. The summed E-state index contributed by atoms with van der Waals surface area (Å²) in [6.45, 7) is 0. The normalized spacial score (nSPS) is 13.6. The van der Waals surface area contributed by atoms with Gasteiger partial charge in [-0.15, -0.1) is 0 Å². The van der Waals surface area contributed by atoms with Gasteiger partial charge in [0.15, 0.2) is 0 Å². The Balaban J connectivity index is 1.37. The maximum Gasteiger partial charge on any atom is 0.144 e. The number of fused-ring (bicyclic) bond motifs is 7. The third-order valence-electron chi connectivity index (χ3n) is 10.9. The molecule has 0 unspecified atom stereocenters. The van der Waals surface area contributed by atoms with Gasteiger partial charge in [0.05, 0.1) is 5.41 Å². The summed E-state index contributed by atoms with van der Waals surface area (Å²) in [5.74, 6) is 0. The van der Waals surface area contributed by atoms with Crippen molar-refractivity contribution in [1.82, 2.24) is 0 Å². The quantitative estimate of drug-likeness (QED) is 0.182. The first-order valence-electron chi connectivity index (χ1n) is 16.7. The Morgan fingerprint density at radius 1 is 0.375 bits per heavy atom. The minimum Gasteiger partial charge on any atom is -0.455 e. The molecule has 1 aliphatic rings. The van der Waals surface area contributed by atoms with Gasteiger partial charge in [0, 0.05) is 16.3 Å². The number of para-hydroxylation sites is 1. The standard InChI is InChI=1S/C47H28O/c1-3-14-32(15-4-1)47(33-16-5-2-6-17-33)39-20-9-7-18-36(39)45-40(47)28-38(44-37-19-8-10-21-41(37)48-46(44)45)34-26-24-31-23-22-29-12-11-13-30-25-27-35(34)43(31)42(29)30/h1-28H. The van der Waals surface area contributed by atoms with Crippen molar-refractivity contribution in [2.75, 3.05) is 0 Å². The highest BCUT2D eigenvalue weighted by Crippen LogP contribution is 2.60. The van der Waals surface area contributed by atoms with Crippen LogP contribution in [0.15, 0.2) is 174 Å². The molecule has 0 amide bonds. The monoisotopic (exact) mass is 608 g/mol. The number of hydrogen-bond donors (Lipinski definition) is 0.